The molecule has 3 amide bonds. The highest BCUT2D eigenvalue weighted by atomic mass is 32.1. The first-order valence-electron chi connectivity index (χ1n) is 8.30. The second-order valence-corrected chi connectivity index (χ2v) is 8.05. The van der Waals surface area contributed by atoms with E-state index in [1.165, 1.54) is 20.2 Å². The summed E-state index contributed by atoms with van der Waals surface area (Å²) in [6.45, 7) is 4.58. The first-order valence-corrected chi connectivity index (χ1v) is 9.12. The van der Waals surface area contributed by atoms with Gasteiger partial charge in [-0.2, -0.15) is 0 Å². The average molecular weight is 340 g/mol. The van der Waals surface area contributed by atoms with Crippen molar-refractivity contribution >= 4 is 23.3 Å². The minimum atomic E-state index is -0.333. The maximum Gasteiger partial charge on any atom is 0.328 e. The van der Waals surface area contributed by atoms with Crippen molar-refractivity contribution in [3.8, 4) is 0 Å². The van der Waals surface area contributed by atoms with Crippen molar-refractivity contribution in [2.45, 2.75) is 45.3 Å². The normalized spacial score (nSPS) is 21.0. The van der Waals surface area contributed by atoms with Crippen LogP contribution >= 0.6 is 11.3 Å². The summed E-state index contributed by atoms with van der Waals surface area (Å²) in [5, 5.41) is 0. The number of urea groups is 1. The molecule has 4 rings (SSSR count). The van der Waals surface area contributed by atoms with Crippen LogP contribution in [0, 0.1) is 6.92 Å². The number of rotatable bonds is 3. The molecule has 0 N–H and O–H groups in total. The summed E-state index contributed by atoms with van der Waals surface area (Å²) in [6.07, 6.45) is 1.35. The van der Waals surface area contributed by atoms with E-state index in [2.05, 4.69) is 25.1 Å². The van der Waals surface area contributed by atoms with Crippen LogP contribution in [0.25, 0.3) is 0 Å². The van der Waals surface area contributed by atoms with E-state index in [-0.39, 0.29) is 24.0 Å². The van der Waals surface area contributed by atoms with E-state index >= 15 is 0 Å². The van der Waals surface area contributed by atoms with Crippen LogP contribution in [0.5, 0.6) is 0 Å². The molecular weight excluding hydrogens is 320 g/mol. The lowest BCUT2D eigenvalue weighted by Crippen LogP contribution is -2.40. The SMILES string of the molecule is Cc1ccc(CC(C)N2C(=O)C3Cc4ccccc4CN3C2=O)s1. The zero-order chi connectivity index (χ0) is 16.8. The first kappa shape index (κ1) is 15.4. The van der Waals surface area contributed by atoms with Crippen molar-refractivity contribution < 1.29 is 9.59 Å². The molecule has 0 spiro atoms. The summed E-state index contributed by atoms with van der Waals surface area (Å²) in [7, 11) is 0. The van der Waals surface area contributed by atoms with Crippen LogP contribution in [0.3, 0.4) is 0 Å². The predicted octanol–water partition coefficient (Wildman–Crippen LogP) is 3.38. The summed E-state index contributed by atoms with van der Waals surface area (Å²) < 4.78 is 0. The molecule has 1 saturated heterocycles. The van der Waals surface area contributed by atoms with Crippen LogP contribution in [0.4, 0.5) is 4.79 Å². The number of aryl methyl sites for hydroxylation is 1. The van der Waals surface area contributed by atoms with Crippen LogP contribution in [0.2, 0.25) is 0 Å². The Labute approximate surface area is 145 Å². The van der Waals surface area contributed by atoms with Gasteiger partial charge in [0.25, 0.3) is 5.91 Å². The number of imide groups is 1. The molecule has 124 valence electrons. The third kappa shape index (κ3) is 2.44. The van der Waals surface area contributed by atoms with E-state index in [9.17, 15) is 9.59 Å². The Hall–Kier alpha value is -2.14. The van der Waals surface area contributed by atoms with Crippen LogP contribution in [-0.4, -0.2) is 33.8 Å². The van der Waals surface area contributed by atoms with Gasteiger partial charge in [-0.25, -0.2) is 4.79 Å². The summed E-state index contributed by atoms with van der Waals surface area (Å²) in [4.78, 5) is 31.4. The first-order chi connectivity index (χ1) is 11.5. The van der Waals surface area contributed by atoms with Crippen molar-refractivity contribution in [3.63, 3.8) is 0 Å². The lowest BCUT2D eigenvalue weighted by atomic mass is 9.95. The Bertz CT molecular complexity index is 770. The van der Waals surface area contributed by atoms with Gasteiger partial charge in [0.05, 0.1) is 0 Å². The average Bonchev–Trinajstić information content (AvgIpc) is 3.07. The van der Waals surface area contributed by atoms with Gasteiger partial charge in [-0.05, 0) is 37.1 Å². The molecule has 24 heavy (non-hydrogen) atoms. The van der Waals surface area contributed by atoms with Crippen LogP contribution in [0.1, 0.15) is 27.8 Å². The van der Waals surface area contributed by atoms with Crippen LogP contribution < -0.4 is 0 Å². The quantitative estimate of drug-likeness (QED) is 0.804. The minimum Gasteiger partial charge on any atom is -0.308 e. The minimum absolute atomic E-state index is 0.0460. The van der Waals surface area contributed by atoms with Gasteiger partial charge < -0.3 is 4.90 Å². The maximum absolute atomic E-state index is 12.9. The number of hydrogen-bond donors (Lipinski definition) is 0. The number of benzene rings is 1. The molecule has 0 aliphatic carbocycles. The molecule has 1 aromatic carbocycles. The number of thiophene rings is 1. The second kappa shape index (κ2) is 5.74. The maximum atomic E-state index is 12.9. The predicted molar refractivity (Wildman–Crippen MR) is 93.9 cm³/mol. The molecule has 2 aliphatic heterocycles. The van der Waals surface area contributed by atoms with E-state index in [1.807, 2.05) is 25.1 Å². The lowest BCUT2D eigenvalue weighted by Gasteiger charge is -2.28. The van der Waals surface area contributed by atoms with Crippen molar-refractivity contribution in [1.82, 2.24) is 9.80 Å². The number of fused-ring (bicyclic) bond motifs is 2. The van der Waals surface area contributed by atoms with E-state index in [0.717, 1.165) is 12.0 Å². The van der Waals surface area contributed by atoms with Crippen LogP contribution in [0.15, 0.2) is 36.4 Å². The fourth-order valence-electron chi connectivity index (χ4n) is 3.72. The fourth-order valence-corrected chi connectivity index (χ4v) is 4.73. The Morgan fingerprint density at radius 1 is 1.17 bits per heavy atom. The van der Waals surface area contributed by atoms with Gasteiger partial charge in [0, 0.05) is 35.2 Å². The van der Waals surface area contributed by atoms with Crippen molar-refractivity contribution in [3.05, 3.63) is 57.3 Å². The third-order valence-electron chi connectivity index (χ3n) is 4.96. The van der Waals surface area contributed by atoms with Crippen molar-refractivity contribution in [2.24, 2.45) is 0 Å². The van der Waals surface area contributed by atoms with Gasteiger partial charge in [0.15, 0.2) is 0 Å². The molecular formula is C19H20N2O2S. The molecule has 2 aliphatic rings. The second-order valence-electron chi connectivity index (χ2n) is 6.67. The van der Waals surface area contributed by atoms with Crippen molar-refractivity contribution in [1.29, 1.82) is 0 Å². The summed E-state index contributed by atoms with van der Waals surface area (Å²) >= 11 is 1.73. The molecule has 2 unspecified atom stereocenters. The van der Waals surface area contributed by atoms with E-state index in [4.69, 9.17) is 0 Å². The molecule has 1 fully saturated rings. The topological polar surface area (TPSA) is 40.6 Å². The summed E-state index contributed by atoms with van der Waals surface area (Å²) in [6, 6.07) is 11.7. The fraction of sp³-hybridized carbons (Fsp3) is 0.368. The Kier molecular flexibility index (Phi) is 3.68. The van der Waals surface area contributed by atoms with Crippen LogP contribution in [-0.2, 0) is 24.2 Å². The molecule has 1 aromatic heterocycles. The smallest absolute Gasteiger partial charge is 0.308 e. The number of carbonyl (C=O) groups is 2. The molecule has 0 bridgehead atoms. The molecule has 0 saturated carbocycles. The largest absolute Gasteiger partial charge is 0.328 e. The van der Waals surface area contributed by atoms with Gasteiger partial charge in [0.1, 0.15) is 6.04 Å². The molecule has 4 nitrogen and oxygen atoms in total. The highest BCUT2D eigenvalue weighted by Gasteiger charge is 2.48. The molecule has 2 atom stereocenters. The van der Waals surface area contributed by atoms with Gasteiger partial charge in [-0.3, -0.25) is 9.69 Å². The highest BCUT2D eigenvalue weighted by Crippen LogP contribution is 2.32. The molecule has 2 aromatic rings. The van der Waals surface area contributed by atoms with E-state index in [0.29, 0.717) is 13.0 Å². The number of nitrogens with zero attached hydrogens (tertiary/aromatic N) is 2. The lowest BCUT2D eigenvalue weighted by molar-refractivity contribution is -0.129. The number of amides is 3. The Morgan fingerprint density at radius 2 is 1.92 bits per heavy atom. The zero-order valence-corrected chi connectivity index (χ0v) is 14.7. The molecule has 3 heterocycles. The van der Waals surface area contributed by atoms with E-state index in [1.54, 1.807) is 16.2 Å². The Morgan fingerprint density at radius 3 is 2.62 bits per heavy atom. The summed E-state index contributed by atoms with van der Waals surface area (Å²) in [5.41, 5.74) is 2.33. The van der Waals surface area contributed by atoms with Gasteiger partial charge in [0.2, 0.25) is 0 Å². The monoisotopic (exact) mass is 340 g/mol. The van der Waals surface area contributed by atoms with Gasteiger partial charge >= 0.3 is 6.03 Å². The molecule has 5 heteroatoms. The van der Waals surface area contributed by atoms with E-state index < -0.39 is 0 Å². The Balaban J connectivity index is 1.57. The molecule has 0 radical (unpaired) electrons. The number of hydrogen-bond acceptors (Lipinski definition) is 3. The standard InChI is InChI=1S/C19H20N2O2S/c1-12(9-16-8-7-13(2)24-16)21-18(22)17-10-14-5-3-4-6-15(14)11-20(17)19(21)23/h3-8,12,17H,9-11H2,1-2H3. The third-order valence-corrected chi connectivity index (χ3v) is 5.98. The summed E-state index contributed by atoms with van der Waals surface area (Å²) in [5.74, 6) is -0.0460. The number of carbonyl (C=O) groups excluding carboxylic acids is 2. The zero-order valence-electron chi connectivity index (χ0n) is 13.9. The van der Waals surface area contributed by atoms with Gasteiger partial charge in [-0.1, -0.05) is 24.3 Å². The van der Waals surface area contributed by atoms with Gasteiger partial charge in [-0.15, -0.1) is 11.3 Å². The van der Waals surface area contributed by atoms with Crippen molar-refractivity contribution in [2.75, 3.05) is 0 Å². The highest BCUT2D eigenvalue weighted by molar-refractivity contribution is 7.11.